The maximum atomic E-state index is 12.9. The third-order valence-corrected chi connectivity index (χ3v) is 6.67. The summed E-state index contributed by atoms with van der Waals surface area (Å²) in [5, 5.41) is 0. The normalized spacial score (nSPS) is 24.0. The third-order valence-electron chi connectivity index (χ3n) is 4.29. The van der Waals surface area contributed by atoms with Gasteiger partial charge in [0.2, 0.25) is 10.0 Å². The van der Waals surface area contributed by atoms with Gasteiger partial charge in [-0.25, -0.2) is 8.42 Å². The van der Waals surface area contributed by atoms with Crippen LogP contribution < -0.4 is 4.74 Å². The van der Waals surface area contributed by atoms with Crippen LogP contribution in [0.5, 0.6) is 5.75 Å². The van der Waals surface area contributed by atoms with Gasteiger partial charge in [0.1, 0.15) is 10.6 Å². The number of hydrogen-bond acceptors (Lipinski definition) is 4. The predicted octanol–water partition coefficient (Wildman–Crippen LogP) is 1.93. The second kappa shape index (κ2) is 5.87. The zero-order valence-corrected chi connectivity index (χ0v) is 14.4. The van der Waals surface area contributed by atoms with Gasteiger partial charge in [0, 0.05) is 30.1 Å². The smallest absolute Gasteiger partial charge is 0.246 e. The van der Waals surface area contributed by atoms with E-state index in [4.69, 9.17) is 4.74 Å². The number of rotatable bonds is 3. The highest BCUT2D eigenvalue weighted by Crippen LogP contribution is 2.32. The van der Waals surface area contributed by atoms with E-state index in [1.807, 2.05) is 0 Å². The fourth-order valence-electron chi connectivity index (χ4n) is 3.17. The van der Waals surface area contributed by atoms with Crippen molar-refractivity contribution in [3.05, 3.63) is 22.7 Å². The van der Waals surface area contributed by atoms with Crippen molar-refractivity contribution in [3.8, 4) is 5.75 Å². The lowest BCUT2D eigenvalue weighted by Gasteiger charge is -2.36. The summed E-state index contributed by atoms with van der Waals surface area (Å²) in [5.74, 6) is 0.395. The largest absolute Gasteiger partial charge is 0.495 e. The summed E-state index contributed by atoms with van der Waals surface area (Å²) in [6.07, 6.45) is 2.25. The SMILES string of the molecule is COc1ccc(Br)cc1S(=O)(=O)N1CCN2CCCC2C1. The van der Waals surface area contributed by atoms with Gasteiger partial charge in [-0.2, -0.15) is 4.31 Å². The molecule has 2 heterocycles. The molecule has 1 unspecified atom stereocenters. The van der Waals surface area contributed by atoms with Gasteiger partial charge in [0.15, 0.2) is 0 Å². The highest BCUT2D eigenvalue weighted by Gasteiger charge is 2.37. The molecule has 0 saturated carbocycles. The molecule has 2 aliphatic heterocycles. The second-order valence-corrected chi connectivity index (χ2v) is 8.31. The minimum absolute atomic E-state index is 0.242. The van der Waals surface area contributed by atoms with E-state index in [-0.39, 0.29) is 4.90 Å². The molecular weight excluding hydrogens is 356 g/mol. The molecule has 0 spiro atoms. The second-order valence-electron chi connectivity index (χ2n) is 5.49. The first-order chi connectivity index (χ1) is 10.0. The van der Waals surface area contributed by atoms with Crippen LogP contribution in [0.25, 0.3) is 0 Å². The Morgan fingerprint density at radius 3 is 2.86 bits per heavy atom. The number of fused-ring (bicyclic) bond motifs is 1. The van der Waals surface area contributed by atoms with Gasteiger partial charge >= 0.3 is 0 Å². The van der Waals surface area contributed by atoms with Crippen LogP contribution in [-0.4, -0.2) is 57.0 Å². The molecule has 1 aromatic carbocycles. The monoisotopic (exact) mass is 374 g/mol. The maximum Gasteiger partial charge on any atom is 0.246 e. The van der Waals surface area contributed by atoms with Crippen molar-refractivity contribution in [2.75, 3.05) is 33.3 Å². The topological polar surface area (TPSA) is 49.9 Å². The molecule has 1 aromatic rings. The summed E-state index contributed by atoms with van der Waals surface area (Å²) in [6, 6.07) is 5.46. The average Bonchev–Trinajstić information content (AvgIpc) is 2.94. The van der Waals surface area contributed by atoms with Gasteiger partial charge in [0.05, 0.1) is 7.11 Å². The average molecular weight is 375 g/mol. The van der Waals surface area contributed by atoms with Crippen LogP contribution >= 0.6 is 15.9 Å². The van der Waals surface area contributed by atoms with E-state index in [1.165, 1.54) is 13.5 Å². The standard InChI is InChI=1S/C14H19BrN2O3S/c1-20-13-5-4-11(15)9-14(13)21(18,19)17-8-7-16-6-2-3-12(16)10-17/h4-5,9,12H,2-3,6-8,10H2,1H3. The van der Waals surface area contributed by atoms with Crippen LogP contribution in [0.2, 0.25) is 0 Å². The Morgan fingerprint density at radius 2 is 2.10 bits per heavy atom. The van der Waals surface area contributed by atoms with Crippen molar-refractivity contribution >= 4 is 26.0 Å². The van der Waals surface area contributed by atoms with Crippen LogP contribution in [-0.2, 0) is 10.0 Å². The zero-order valence-electron chi connectivity index (χ0n) is 12.0. The Kier molecular flexibility index (Phi) is 4.27. The molecule has 0 amide bonds. The van der Waals surface area contributed by atoms with Crippen LogP contribution in [0, 0.1) is 0 Å². The summed E-state index contributed by atoms with van der Waals surface area (Å²) in [6.45, 7) is 3.05. The molecule has 7 heteroatoms. The van der Waals surface area contributed by atoms with Crippen LogP contribution in [0.3, 0.4) is 0 Å². The summed E-state index contributed by atoms with van der Waals surface area (Å²) in [7, 11) is -2.02. The quantitative estimate of drug-likeness (QED) is 0.810. The van der Waals surface area contributed by atoms with E-state index in [2.05, 4.69) is 20.8 Å². The number of halogens is 1. The number of ether oxygens (including phenoxy) is 1. The van der Waals surface area contributed by atoms with Crippen LogP contribution in [0.1, 0.15) is 12.8 Å². The maximum absolute atomic E-state index is 12.9. The van der Waals surface area contributed by atoms with Crippen molar-refractivity contribution < 1.29 is 13.2 Å². The summed E-state index contributed by atoms with van der Waals surface area (Å²) in [4.78, 5) is 2.63. The number of nitrogens with zero attached hydrogens (tertiary/aromatic N) is 2. The number of sulfonamides is 1. The Bertz CT molecular complexity index is 635. The van der Waals surface area contributed by atoms with Crippen LogP contribution in [0.15, 0.2) is 27.6 Å². The van der Waals surface area contributed by atoms with Crippen molar-refractivity contribution in [1.82, 2.24) is 9.21 Å². The van der Waals surface area contributed by atoms with Crippen molar-refractivity contribution in [1.29, 1.82) is 0 Å². The van der Waals surface area contributed by atoms with Crippen LogP contribution in [0.4, 0.5) is 0 Å². The number of hydrogen-bond donors (Lipinski definition) is 0. The Hall–Kier alpha value is -0.630. The van der Waals surface area contributed by atoms with Crippen molar-refractivity contribution in [2.24, 2.45) is 0 Å². The number of benzene rings is 1. The highest BCUT2D eigenvalue weighted by molar-refractivity contribution is 9.10. The Morgan fingerprint density at radius 1 is 1.29 bits per heavy atom. The molecule has 1 atom stereocenters. The first-order valence-corrected chi connectivity index (χ1v) is 9.33. The van der Waals surface area contributed by atoms with E-state index in [0.29, 0.717) is 24.9 Å². The lowest BCUT2D eigenvalue weighted by atomic mass is 10.2. The van der Waals surface area contributed by atoms with Gasteiger partial charge in [-0.15, -0.1) is 0 Å². The lowest BCUT2D eigenvalue weighted by molar-refractivity contribution is 0.158. The Balaban J connectivity index is 1.91. The molecule has 21 heavy (non-hydrogen) atoms. The fraction of sp³-hybridized carbons (Fsp3) is 0.571. The molecule has 3 rings (SSSR count). The molecule has 0 radical (unpaired) electrons. The fourth-order valence-corrected chi connectivity index (χ4v) is 5.33. The summed E-state index contributed by atoms with van der Waals surface area (Å²) in [5.41, 5.74) is 0. The van der Waals surface area contributed by atoms with Gasteiger partial charge in [-0.1, -0.05) is 15.9 Å². The summed E-state index contributed by atoms with van der Waals surface area (Å²) >= 11 is 3.34. The highest BCUT2D eigenvalue weighted by atomic mass is 79.9. The first kappa shape index (κ1) is 15.3. The molecule has 2 aliphatic rings. The Labute approximate surface area is 134 Å². The van der Waals surface area contributed by atoms with Gasteiger partial charge < -0.3 is 4.74 Å². The van der Waals surface area contributed by atoms with E-state index >= 15 is 0 Å². The van der Waals surface area contributed by atoms with Gasteiger partial charge in [0.25, 0.3) is 0 Å². The molecule has 0 aromatic heterocycles. The third kappa shape index (κ3) is 2.84. The van der Waals surface area contributed by atoms with Crippen molar-refractivity contribution in [3.63, 3.8) is 0 Å². The molecule has 5 nitrogen and oxygen atoms in total. The number of piperazine rings is 1. The van der Waals surface area contributed by atoms with E-state index < -0.39 is 10.0 Å². The number of methoxy groups -OCH3 is 1. The predicted molar refractivity (Wildman–Crippen MR) is 84.0 cm³/mol. The molecule has 2 saturated heterocycles. The molecule has 0 bridgehead atoms. The van der Waals surface area contributed by atoms with Crippen molar-refractivity contribution in [2.45, 2.75) is 23.8 Å². The zero-order chi connectivity index (χ0) is 15.0. The lowest BCUT2D eigenvalue weighted by Crippen LogP contribution is -2.51. The minimum atomic E-state index is -3.51. The molecule has 0 N–H and O–H groups in total. The van der Waals surface area contributed by atoms with Gasteiger partial charge in [-0.3, -0.25) is 4.90 Å². The molecule has 0 aliphatic carbocycles. The molecule has 2 fully saturated rings. The molecular formula is C14H19BrN2O3S. The van der Waals surface area contributed by atoms with E-state index in [1.54, 1.807) is 22.5 Å². The first-order valence-electron chi connectivity index (χ1n) is 7.10. The van der Waals surface area contributed by atoms with E-state index in [9.17, 15) is 8.42 Å². The molecule has 116 valence electrons. The minimum Gasteiger partial charge on any atom is -0.495 e. The van der Waals surface area contributed by atoms with Gasteiger partial charge in [-0.05, 0) is 37.6 Å². The van der Waals surface area contributed by atoms with E-state index in [0.717, 1.165) is 24.0 Å². The summed E-state index contributed by atoms with van der Waals surface area (Å²) < 4.78 is 33.4.